The lowest BCUT2D eigenvalue weighted by Crippen LogP contribution is -2.55. The largest absolute Gasteiger partial charge is 0.313 e. The molecule has 2 aliphatic rings. The molecule has 1 radical (unpaired) electrons. The third-order valence-electron chi connectivity index (χ3n) is 2.12. The van der Waals surface area contributed by atoms with Gasteiger partial charge in [0.05, 0.1) is 0 Å². The Kier molecular flexibility index (Phi) is 1.08. The van der Waals surface area contributed by atoms with Crippen LogP contribution in [0.15, 0.2) is 0 Å². The molecule has 51 valence electrons. The van der Waals surface area contributed by atoms with Crippen molar-refractivity contribution in [2.45, 2.75) is 24.9 Å². The zero-order valence-electron chi connectivity index (χ0n) is 5.78. The van der Waals surface area contributed by atoms with Crippen molar-refractivity contribution in [3.05, 3.63) is 6.42 Å². The van der Waals surface area contributed by atoms with Gasteiger partial charge >= 0.3 is 0 Å². The van der Waals surface area contributed by atoms with Crippen LogP contribution in [0.4, 0.5) is 0 Å². The molecule has 2 heteroatoms. The predicted octanol–water partition coefficient (Wildman–Crippen LogP) is -0.0855. The van der Waals surface area contributed by atoms with Crippen LogP contribution in [-0.2, 0) is 0 Å². The third kappa shape index (κ3) is 0.970. The number of hydrogen-bond acceptors (Lipinski definition) is 2. The van der Waals surface area contributed by atoms with E-state index in [-0.39, 0.29) is 0 Å². The molecule has 0 aromatic carbocycles. The average Bonchev–Trinajstić information content (AvgIpc) is 2.49. The quantitative estimate of drug-likeness (QED) is 0.473. The fourth-order valence-corrected chi connectivity index (χ4v) is 1.49. The van der Waals surface area contributed by atoms with E-state index in [9.17, 15) is 0 Å². The molecule has 0 aromatic heterocycles. The van der Waals surface area contributed by atoms with Crippen molar-refractivity contribution in [2.24, 2.45) is 0 Å². The first-order valence-electron chi connectivity index (χ1n) is 3.64. The van der Waals surface area contributed by atoms with E-state index in [4.69, 9.17) is 0 Å². The van der Waals surface area contributed by atoms with E-state index in [2.05, 4.69) is 24.0 Å². The van der Waals surface area contributed by atoms with E-state index >= 15 is 0 Å². The number of piperazine rings is 1. The third-order valence-corrected chi connectivity index (χ3v) is 2.12. The first-order valence-corrected chi connectivity index (χ1v) is 3.64. The van der Waals surface area contributed by atoms with Crippen molar-refractivity contribution >= 4 is 0 Å². The molecule has 0 aromatic rings. The zero-order chi connectivity index (χ0) is 6.32. The highest BCUT2D eigenvalue weighted by Gasteiger charge is 2.45. The molecule has 1 saturated heterocycles. The van der Waals surface area contributed by atoms with Crippen LogP contribution in [0.5, 0.6) is 0 Å². The summed E-state index contributed by atoms with van der Waals surface area (Å²) in [5.41, 5.74) is 0.414. The molecule has 9 heavy (non-hydrogen) atoms. The number of hydrogen-bond donors (Lipinski definition) is 2. The van der Waals surface area contributed by atoms with E-state index in [1.54, 1.807) is 0 Å². The molecule has 0 amide bonds. The Balaban J connectivity index is 1.96. The van der Waals surface area contributed by atoms with E-state index in [1.165, 1.54) is 6.42 Å². The second-order valence-corrected chi connectivity index (χ2v) is 3.24. The van der Waals surface area contributed by atoms with Crippen molar-refractivity contribution in [3.63, 3.8) is 0 Å². The molecule has 2 atom stereocenters. The van der Waals surface area contributed by atoms with Gasteiger partial charge in [-0.1, -0.05) is 0 Å². The summed E-state index contributed by atoms with van der Waals surface area (Å²) in [7, 11) is 0. The monoisotopic (exact) mass is 125 g/mol. The maximum atomic E-state index is 3.55. The van der Waals surface area contributed by atoms with Gasteiger partial charge in [0, 0.05) is 24.7 Å². The smallest absolute Gasteiger partial charge is 0.0344 e. The first-order chi connectivity index (χ1) is 4.31. The van der Waals surface area contributed by atoms with Gasteiger partial charge in [-0.25, -0.2) is 0 Å². The summed E-state index contributed by atoms with van der Waals surface area (Å²) in [6.45, 7) is 4.48. The standard InChI is InChI=1S/C7H13N2/c1-6-4-8-5-7(9-6)2-3-7/h2,6,8-9H,3-5H2,1H3. The maximum absolute atomic E-state index is 3.55. The first kappa shape index (κ1) is 5.69. The topological polar surface area (TPSA) is 24.1 Å². The highest BCUT2D eigenvalue weighted by molar-refractivity contribution is 5.21. The molecule has 2 nitrogen and oxygen atoms in total. The SMILES string of the molecule is CC1CNCC2([CH]C2)N1. The van der Waals surface area contributed by atoms with Crippen molar-refractivity contribution < 1.29 is 0 Å². The fraction of sp³-hybridized carbons (Fsp3) is 0.857. The molecule has 0 bridgehead atoms. The molecule has 2 fully saturated rings. The lowest BCUT2D eigenvalue weighted by atomic mass is 10.1. The van der Waals surface area contributed by atoms with E-state index in [1.807, 2.05) is 0 Å². The van der Waals surface area contributed by atoms with Gasteiger partial charge in [0.25, 0.3) is 0 Å². The fourth-order valence-electron chi connectivity index (χ4n) is 1.49. The van der Waals surface area contributed by atoms with Gasteiger partial charge in [0.2, 0.25) is 0 Å². The van der Waals surface area contributed by atoms with Crippen LogP contribution in [0.3, 0.4) is 0 Å². The molecule has 1 heterocycles. The van der Waals surface area contributed by atoms with Crippen LogP contribution in [0.1, 0.15) is 13.3 Å². The average molecular weight is 125 g/mol. The van der Waals surface area contributed by atoms with Gasteiger partial charge < -0.3 is 10.6 Å². The van der Waals surface area contributed by atoms with Crippen LogP contribution < -0.4 is 10.6 Å². The van der Waals surface area contributed by atoms with Gasteiger partial charge in [0.1, 0.15) is 0 Å². The Hall–Kier alpha value is -0.0800. The Morgan fingerprint density at radius 2 is 2.44 bits per heavy atom. The van der Waals surface area contributed by atoms with Crippen molar-refractivity contribution in [1.82, 2.24) is 10.6 Å². The van der Waals surface area contributed by atoms with Gasteiger partial charge in [-0.15, -0.1) is 0 Å². The summed E-state index contributed by atoms with van der Waals surface area (Å²) in [6.07, 6.45) is 3.60. The molecule has 2 N–H and O–H groups in total. The highest BCUT2D eigenvalue weighted by Crippen LogP contribution is 2.34. The van der Waals surface area contributed by atoms with Crippen molar-refractivity contribution in [1.29, 1.82) is 0 Å². The summed E-state index contributed by atoms with van der Waals surface area (Å²) in [6, 6.07) is 0.650. The Morgan fingerprint density at radius 3 is 2.89 bits per heavy atom. The van der Waals surface area contributed by atoms with Gasteiger partial charge in [-0.05, 0) is 19.8 Å². The Bertz CT molecular complexity index is 118. The molecule has 1 aliphatic carbocycles. The van der Waals surface area contributed by atoms with Crippen LogP contribution in [0.2, 0.25) is 0 Å². The Morgan fingerprint density at radius 1 is 1.67 bits per heavy atom. The lowest BCUT2D eigenvalue weighted by molar-refractivity contribution is 0.348. The summed E-state index contributed by atoms with van der Waals surface area (Å²) in [5, 5.41) is 6.94. The summed E-state index contributed by atoms with van der Waals surface area (Å²) >= 11 is 0. The minimum Gasteiger partial charge on any atom is -0.313 e. The van der Waals surface area contributed by atoms with Crippen LogP contribution in [0, 0.1) is 6.42 Å². The normalized spacial score (nSPS) is 39.0. The molecular formula is C7H13N2. The highest BCUT2D eigenvalue weighted by atomic mass is 15.2. The molecule has 1 aliphatic heterocycles. The lowest BCUT2D eigenvalue weighted by Gasteiger charge is -2.29. The van der Waals surface area contributed by atoms with E-state index in [0.717, 1.165) is 13.1 Å². The van der Waals surface area contributed by atoms with Crippen LogP contribution in [0.25, 0.3) is 0 Å². The predicted molar refractivity (Wildman–Crippen MR) is 37.1 cm³/mol. The second kappa shape index (κ2) is 1.70. The molecular weight excluding hydrogens is 112 g/mol. The summed E-state index contributed by atoms with van der Waals surface area (Å²) < 4.78 is 0. The minimum atomic E-state index is 0.414. The molecule has 1 saturated carbocycles. The van der Waals surface area contributed by atoms with Gasteiger partial charge in [-0.2, -0.15) is 0 Å². The number of rotatable bonds is 0. The van der Waals surface area contributed by atoms with E-state index in [0.29, 0.717) is 11.6 Å². The van der Waals surface area contributed by atoms with Gasteiger partial charge in [0.15, 0.2) is 0 Å². The molecule has 2 unspecified atom stereocenters. The van der Waals surface area contributed by atoms with E-state index < -0.39 is 0 Å². The van der Waals surface area contributed by atoms with Crippen molar-refractivity contribution in [2.75, 3.05) is 13.1 Å². The molecule has 2 rings (SSSR count). The van der Waals surface area contributed by atoms with Crippen LogP contribution in [-0.4, -0.2) is 24.7 Å². The van der Waals surface area contributed by atoms with Crippen molar-refractivity contribution in [3.8, 4) is 0 Å². The molecule has 1 spiro atoms. The summed E-state index contributed by atoms with van der Waals surface area (Å²) in [4.78, 5) is 0. The Labute approximate surface area is 56.0 Å². The summed E-state index contributed by atoms with van der Waals surface area (Å²) in [5.74, 6) is 0. The maximum Gasteiger partial charge on any atom is 0.0344 e. The van der Waals surface area contributed by atoms with Gasteiger partial charge in [-0.3, -0.25) is 0 Å². The minimum absolute atomic E-state index is 0.414. The number of nitrogens with one attached hydrogen (secondary N) is 2. The second-order valence-electron chi connectivity index (χ2n) is 3.24. The van der Waals surface area contributed by atoms with Crippen LogP contribution >= 0.6 is 0 Å². The zero-order valence-corrected chi connectivity index (χ0v) is 5.78.